The molecule has 1 rings (SSSR count). The van der Waals surface area contributed by atoms with E-state index in [0.717, 1.165) is 42.8 Å². The molecule has 4 heteroatoms. The third kappa shape index (κ3) is 6.41. The van der Waals surface area contributed by atoms with Gasteiger partial charge in [-0.25, -0.2) is 0 Å². The summed E-state index contributed by atoms with van der Waals surface area (Å²) < 4.78 is 11.9. The van der Waals surface area contributed by atoms with Gasteiger partial charge in [0.2, 0.25) is 0 Å². The first-order valence-corrected chi connectivity index (χ1v) is 7.60. The van der Waals surface area contributed by atoms with Crippen molar-refractivity contribution in [1.29, 1.82) is 0 Å². The Bertz CT molecular complexity index is 371. The number of methoxy groups -OCH3 is 1. The highest BCUT2D eigenvalue weighted by atomic mass is 79.9. The lowest BCUT2D eigenvalue weighted by atomic mass is 10.1. The predicted molar refractivity (Wildman–Crippen MR) is 82.7 cm³/mol. The van der Waals surface area contributed by atoms with Crippen LogP contribution in [0.15, 0.2) is 22.7 Å². The van der Waals surface area contributed by atoms with E-state index in [1.807, 2.05) is 12.1 Å². The minimum Gasteiger partial charge on any atom is -0.493 e. The monoisotopic (exact) mass is 329 g/mol. The molecular formula is C15H24BrNO2. The first kappa shape index (κ1) is 16.5. The summed E-state index contributed by atoms with van der Waals surface area (Å²) in [6, 6.07) is 6.58. The molecule has 0 aromatic heterocycles. The molecule has 0 bridgehead atoms. The summed E-state index contributed by atoms with van der Waals surface area (Å²) in [5.41, 5.74) is 1.19. The van der Waals surface area contributed by atoms with Crippen molar-refractivity contribution in [2.75, 3.05) is 20.3 Å². The highest BCUT2D eigenvalue weighted by Gasteiger charge is 2.07. The Hall–Kier alpha value is -0.580. The summed E-state index contributed by atoms with van der Waals surface area (Å²) in [4.78, 5) is 0. The van der Waals surface area contributed by atoms with Crippen LogP contribution >= 0.6 is 15.9 Å². The molecule has 0 aliphatic heterocycles. The van der Waals surface area contributed by atoms with Crippen LogP contribution in [0.2, 0.25) is 0 Å². The van der Waals surface area contributed by atoms with Gasteiger partial charge in [-0.05, 0) is 38.0 Å². The Labute approximate surface area is 124 Å². The zero-order chi connectivity index (χ0) is 14.1. The first-order valence-electron chi connectivity index (χ1n) is 6.81. The normalized spacial score (nSPS) is 12.4. The minimum absolute atomic E-state index is 0.429. The number of ether oxygens (including phenoxy) is 2. The van der Waals surface area contributed by atoms with Gasteiger partial charge in [-0.1, -0.05) is 22.9 Å². The predicted octanol–water partition coefficient (Wildman–Crippen LogP) is 3.75. The summed E-state index contributed by atoms with van der Waals surface area (Å²) in [5.74, 6) is 0.969. The number of hydrogen-bond donors (Lipinski definition) is 1. The molecular weight excluding hydrogens is 306 g/mol. The average Bonchev–Trinajstić information content (AvgIpc) is 2.41. The van der Waals surface area contributed by atoms with Gasteiger partial charge in [0.1, 0.15) is 5.75 Å². The van der Waals surface area contributed by atoms with Crippen LogP contribution in [0.4, 0.5) is 0 Å². The van der Waals surface area contributed by atoms with Crippen LogP contribution < -0.4 is 10.1 Å². The molecule has 0 aliphatic rings. The molecule has 0 aliphatic carbocycles. The molecule has 0 heterocycles. The van der Waals surface area contributed by atoms with Crippen LogP contribution in [-0.2, 0) is 11.3 Å². The van der Waals surface area contributed by atoms with E-state index in [0.29, 0.717) is 6.04 Å². The molecule has 108 valence electrons. The molecule has 0 fully saturated rings. The van der Waals surface area contributed by atoms with Crippen molar-refractivity contribution in [3.63, 3.8) is 0 Å². The second-order valence-electron chi connectivity index (χ2n) is 4.66. The van der Waals surface area contributed by atoms with Crippen LogP contribution in [0, 0.1) is 0 Å². The van der Waals surface area contributed by atoms with Crippen LogP contribution in [0.1, 0.15) is 32.3 Å². The van der Waals surface area contributed by atoms with Crippen molar-refractivity contribution >= 4 is 15.9 Å². The SMILES string of the molecule is CCCOc1ccc(Br)cc1CNC(C)CCOC. The average molecular weight is 330 g/mol. The van der Waals surface area contributed by atoms with Gasteiger partial charge in [0.25, 0.3) is 0 Å². The third-order valence-corrected chi connectivity index (χ3v) is 3.37. The number of hydrogen-bond acceptors (Lipinski definition) is 3. The fraction of sp³-hybridized carbons (Fsp3) is 0.600. The van der Waals surface area contributed by atoms with Crippen molar-refractivity contribution in [2.24, 2.45) is 0 Å². The van der Waals surface area contributed by atoms with Gasteiger partial charge >= 0.3 is 0 Å². The minimum atomic E-state index is 0.429. The van der Waals surface area contributed by atoms with E-state index in [1.165, 1.54) is 5.56 Å². The molecule has 0 saturated heterocycles. The van der Waals surface area contributed by atoms with Gasteiger partial charge < -0.3 is 14.8 Å². The summed E-state index contributed by atoms with van der Waals surface area (Å²) in [6.45, 7) is 6.64. The topological polar surface area (TPSA) is 30.5 Å². The number of nitrogens with one attached hydrogen (secondary N) is 1. The van der Waals surface area contributed by atoms with Crippen LogP contribution in [0.5, 0.6) is 5.75 Å². The summed E-state index contributed by atoms with van der Waals surface area (Å²) in [7, 11) is 1.73. The molecule has 0 radical (unpaired) electrons. The van der Waals surface area contributed by atoms with E-state index < -0.39 is 0 Å². The molecule has 1 atom stereocenters. The molecule has 0 spiro atoms. The Kier molecular flexibility index (Phi) is 8.10. The quantitative estimate of drug-likeness (QED) is 0.748. The standard InChI is InChI=1S/C15H24BrNO2/c1-4-8-19-15-6-5-14(16)10-13(15)11-17-12(2)7-9-18-3/h5-6,10,12,17H,4,7-9,11H2,1-3H3. The second kappa shape index (κ2) is 9.34. The number of halogens is 1. The van der Waals surface area contributed by atoms with Gasteiger partial charge in [0, 0.05) is 36.3 Å². The van der Waals surface area contributed by atoms with Crippen molar-refractivity contribution in [3.8, 4) is 5.75 Å². The van der Waals surface area contributed by atoms with Gasteiger partial charge in [-0.2, -0.15) is 0 Å². The smallest absolute Gasteiger partial charge is 0.123 e. The van der Waals surface area contributed by atoms with E-state index in [9.17, 15) is 0 Å². The molecule has 1 aromatic carbocycles. The maximum Gasteiger partial charge on any atom is 0.123 e. The van der Waals surface area contributed by atoms with Crippen LogP contribution in [-0.4, -0.2) is 26.4 Å². The van der Waals surface area contributed by atoms with Gasteiger partial charge in [0.15, 0.2) is 0 Å². The van der Waals surface area contributed by atoms with Crippen molar-refractivity contribution < 1.29 is 9.47 Å². The molecule has 1 aromatic rings. The highest BCUT2D eigenvalue weighted by molar-refractivity contribution is 9.10. The summed E-state index contributed by atoms with van der Waals surface area (Å²) >= 11 is 3.51. The molecule has 1 unspecified atom stereocenters. The van der Waals surface area contributed by atoms with E-state index >= 15 is 0 Å². The highest BCUT2D eigenvalue weighted by Crippen LogP contribution is 2.23. The number of benzene rings is 1. The summed E-state index contributed by atoms with van der Waals surface area (Å²) in [6.07, 6.45) is 2.03. The van der Waals surface area contributed by atoms with E-state index in [4.69, 9.17) is 9.47 Å². The fourth-order valence-corrected chi connectivity index (χ4v) is 2.13. The van der Waals surface area contributed by atoms with Gasteiger partial charge in [-0.3, -0.25) is 0 Å². The summed E-state index contributed by atoms with van der Waals surface area (Å²) in [5, 5.41) is 3.50. The molecule has 19 heavy (non-hydrogen) atoms. The van der Waals surface area contributed by atoms with Gasteiger partial charge in [-0.15, -0.1) is 0 Å². The van der Waals surface area contributed by atoms with Crippen molar-refractivity contribution in [2.45, 2.75) is 39.3 Å². The lowest BCUT2D eigenvalue weighted by Crippen LogP contribution is -2.26. The van der Waals surface area contributed by atoms with E-state index in [1.54, 1.807) is 7.11 Å². The van der Waals surface area contributed by atoms with Crippen molar-refractivity contribution in [3.05, 3.63) is 28.2 Å². The van der Waals surface area contributed by atoms with Crippen LogP contribution in [0.3, 0.4) is 0 Å². The van der Waals surface area contributed by atoms with E-state index in [2.05, 4.69) is 41.2 Å². The van der Waals surface area contributed by atoms with Gasteiger partial charge in [0.05, 0.1) is 6.61 Å². The fourth-order valence-electron chi connectivity index (χ4n) is 1.72. The Morgan fingerprint density at radius 3 is 2.79 bits per heavy atom. The largest absolute Gasteiger partial charge is 0.493 e. The Morgan fingerprint density at radius 1 is 1.32 bits per heavy atom. The van der Waals surface area contributed by atoms with Crippen molar-refractivity contribution in [1.82, 2.24) is 5.32 Å². The lowest BCUT2D eigenvalue weighted by Gasteiger charge is -2.16. The lowest BCUT2D eigenvalue weighted by molar-refractivity contribution is 0.184. The Morgan fingerprint density at radius 2 is 2.11 bits per heavy atom. The van der Waals surface area contributed by atoms with Crippen LogP contribution in [0.25, 0.3) is 0 Å². The molecule has 0 saturated carbocycles. The maximum atomic E-state index is 5.77. The zero-order valence-electron chi connectivity index (χ0n) is 12.0. The number of rotatable bonds is 9. The Balaban J connectivity index is 2.57. The third-order valence-electron chi connectivity index (χ3n) is 2.88. The molecule has 1 N–H and O–H groups in total. The first-order chi connectivity index (χ1) is 9.17. The maximum absolute atomic E-state index is 5.77. The van der Waals surface area contributed by atoms with E-state index in [-0.39, 0.29) is 0 Å². The zero-order valence-corrected chi connectivity index (χ0v) is 13.6. The molecule has 0 amide bonds. The second-order valence-corrected chi connectivity index (χ2v) is 5.58. The molecule has 3 nitrogen and oxygen atoms in total.